The quantitative estimate of drug-likeness (QED) is 0.718. The van der Waals surface area contributed by atoms with Crippen LogP contribution in [0.25, 0.3) is 0 Å². The zero-order valence-corrected chi connectivity index (χ0v) is 9.81. The number of carbonyl (C=O) groups excluding carboxylic acids is 1. The summed E-state index contributed by atoms with van der Waals surface area (Å²) in [7, 11) is 0. The normalized spacial score (nSPS) is 18.2. The molecule has 0 heterocycles. The Morgan fingerprint density at radius 1 is 1.00 bits per heavy atom. The average Bonchev–Trinajstić information content (AvgIpc) is 2.69. The molecular weight excluding hydrogens is 208 g/mol. The van der Waals surface area contributed by atoms with Gasteiger partial charge in [-0.3, -0.25) is 4.79 Å². The van der Waals surface area contributed by atoms with Crippen LogP contribution >= 0.6 is 0 Å². The van der Waals surface area contributed by atoms with Gasteiger partial charge in [0.2, 0.25) is 0 Å². The van der Waals surface area contributed by atoms with Crippen molar-refractivity contribution in [3.8, 4) is 0 Å². The van der Waals surface area contributed by atoms with Crippen LogP contribution in [-0.4, -0.2) is 5.78 Å². The number of ketones is 1. The SMILES string of the molecule is Cc1ccc(C2CC(=O)c3ccccc32)cc1. The molecule has 0 saturated carbocycles. The van der Waals surface area contributed by atoms with Crippen LogP contribution in [0.5, 0.6) is 0 Å². The molecule has 1 atom stereocenters. The second kappa shape index (κ2) is 3.85. The molecule has 1 nitrogen and oxygen atoms in total. The highest BCUT2D eigenvalue weighted by molar-refractivity contribution is 6.01. The Bertz CT molecular complexity index is 566. The number of aryl methyl sites for hydroxylation is 1. The molecule has 0 saturated heterocycles. The number of benzene rings is 2. The number of rotatable bonds is 1. The predicted molar refractivity (Wildman–Crippen MR) is 68.4 cm³/mol. The number of carbonyl (C=O) groups is 1. The van der Waals surface area contributed by atoms with E-state index in [1.165, 1.54) is 16.7 Å². The Hall–Kier alpha value is -1.89. The van der Waals surface area contributed by atoms with Crippen LogP contribution in [0.2, 0.25) is 0 Å². The third-order valence-electron chi connectivity index (χ3n) is 3.51. The van der Waals surface area contributed by atoms with E-state index in [2.05, 4.69) is 37.3 Å². The molecule has 0 fully saturated rings. The first-order valence-corrected chi connectivity index (χ1v) is 5.94. The third-order valence-corrected chi connectivity index (χ3v) is 3.51. The number of fused-ring (bicyclic) bond motifs is 1. The van der Waals surface area contributed by atoms with E-state index in [-0.39, 0.29) is 11.7 Å². The molecule has 0 aliphatic heterocycles. The largest absolute Gasteiger partial charge is 0.294 e. The molecule has 0 aromatic heterocycles. The molecule has 17 heavy (non-hydrogen) atoms. The fourth-order valence-electron chi connectivity index (χ4n) is 2.56. The summed E-state index contributed by atoms with van der Waals surface area (Å²) < 4.78 is 0. The first kappa shape index (κ1) is 10.3. The van der Waals surface area contributed by atoms with E-state index >= 15 is 0 Å². The zero-order valence-electron chi connectivity index (χ0n) is 9.81. The van der Waals surface area contributed by atoms with Crippen LogP contribution in [-0.2, 0) is 0 Å². The molecule has 0 spiro atoms. The van der Waals surface area contributed by atoms with Gasteiger partial charge in [0, 0.05) is 17.9 Å². The second-order valence-corrected chi connectivity index (χ2v) is 4.68. The molecule has 1 aliphatic carbocycles. The van der Waals surface area contributed by atoms with E-state index in [9.17, 15) is 4.79 Å². The van der Waals surface area contributed by atoms with Gasteiger partial charge < -0.3 is 0 Å². The highest BCUT2D eigenvalue weighted by Crippen LogP contribution is 2.37. The van der Waals surface area contributed by atoms with Crippen molar-refractivity contribution < 1.29 is 4.79 Å². The topological polar surface area (TPSA) is 17.1 Å². The Morgan fingerprint density at radius 3 is 2.47 bits per heavy atom. The summed E-state index contributed by atoms with van der Waals surface area (Å²) in [6, 6.07) is 16.5. The lowest BCUT2D eigenvalue weighted by atomic mass is 9.92. The summed E-state index contributed by atoms with van der Waals surface area (Å²) in [5.41, 5.74) is 4.58. The Balaban J connectivity index is 2.07. The predicted octanol–water partition coefficient (Wildman–Crippen LogP) is 3.71. The van der Waals surface area contributed by atoms with E-state index in [0.717, 1.165) is 5.56 Å². The van der Waals surface area contributed by atoms with Gasteiger partial charge in [-0.05, 0) is 18.1 Å². The monoisotopic (exact) mass is 222 g/mol. The molecular formula is C16H14O. The molecule has 0 bridgehead atoms. The highest BCUT2D eigenvalue weighted by Gasteiger charge is 2.29. The van der Waals surface area contributed by atoms with E-state index in [0.29, 0.717) is 6.42 Å². The Morgan fingerprint density at radius 2 is 1.71 bits per heavy atom. The van der Waals surface area contributed by atoms with Gasteiger partial charge in [-0.15, -0.1) is 0 Å². The fraction of sp³-hybridized carbons (Fsp3) is 0.188. The molecule has 0 amide bonds. The number of hydrogen-bond acceptors (Lipinski definition) is 1. The summed E-state index contributed by atoms with van der Waals surface area (Å²) in [5, 5.41) is 0. The second-order valence-electron chi connectivity index (χ2n) is 4.68. The number of hydrogen-bond donors (Lipinski definition) is 0. The van der Waals surface area contributed by atoms with Gasteiger partial charge >= 0.3 is 0 Å². The van der Waals surface area contributed by atoms with Crippen molar-refractivity contribution in [2.45, 2.75) is 19.3 Å². The first-order chi connectivity index (χ1) is 8.25. The van der Waals surface area contributed by atoms with Crippen molar-refractivity contribution in [3.63, 3.8) is 0 Å². The van der Waals surface area contributed by atoms with Gasteiger partial charge in [-0.1, -0.05) is 54.1 Å². The molecule has 1 aliphatic rings. The maximum atomic E-state index is 11.9. The third kappa shape index (κ3) is 1.68. The molecule has 1 unspecified atom stereocenters. The van der Waals surface area contributed by atoms with Crippen molar-refractivity contribution in [3.05, 3.63) is 70.8 Å². The summed E-state index contributed by atoms with van der Waals surface area (Å²) in [6.07, 6.45) is 0.613. The van der Waals surface area contributed by atoms with E-state index in [1.54, 1.807) is 0 Å². The first-order valence-electron chi connectivity index (χ1n) is 5.94. The van der Waals surface area contributed by atoms with Crippen LogP contribution in [0, 0.1) is 6.92 Å². The van der Waals surface area contributed by atoms with Gasteiger partial charge in [-0.2, -0.15) is 0 Å². The lowest BCUT2D eigenvalue weighted by molar-refractivity contribution is 0.0991. The van der Waals surface area contributed by atoms with Crippen LogP contribution in [0.15, 0.2) is 48.5 Å². The lowest BCUT2D eigenvalue weighted by Gasteiger charge is -2.11. The van der Waals surface area contributed by atoms with Crippen LogP contribution in [0.3, 0.4) is 0 Å². The van der Waals surface area contributed by atoms with Crippen LogP contribution in [0.1, 0.15) is 39.4 Å². The summed E-state index contributed by atoms with van der Waals surface area (Å²) >= 11 is 0. The summed E-state index contributed by atoms with van der Waals surface area (Å²) in [6.45, 7) is 2.08. The zero-order chi connectivity index (χ0) is 11.8. The molecule has 2 aromatic carbocycles. The van der Waals surface area contributed by atoms with Crippen LogP contribution in [0.4, 0.5) is 0 Å². The van der Waals surface area contributed by atoms with Gasteiger partial charge in [0.05, 0.1) is 0 Å². The highest BCUT2D eigenvalue weighted by atomic mass is 16.1. The van der Waals surface area contributed by atoms with Gasteiger partial charge in [0.25, 0.3) is 0 Å². The van der Waals surface area contributed by atoms with Crippen LogP contribution < -0.4 is 0 Å². The molecule has 2 aromatic rings. The van der Waals surface area contributed by atoms with E-state index in [4.69, 9.17) is 0 Å². The van der Waals surface area contributed by atoms with Crippen molar-refractivity contribution in [2.24, 2.45) is 0 Å². The molecule has 0 radical (unpaired) electrons. The molecule has 0 N–H and O–H groups in total. The van der Waals surface area contributed by atoms with Gasteiger partial charge in [0.15, 0.2) is 5.78 Å². The fourth-order valence-corrected chi connectivity index (χ4v) is 2.56. The van der Waals surface area contributed by atoms with Crippen molar-refractivity contribution in [1.82, 2.24) is 0 Å². The minimum atomic E-state index is 0.249. The Labute approximate surface area is 101 Å². The average molecular weight is 222 g/mol. The smallest absolute Gasteiger partial charge is 0.164 e. The summed E-state index contributed by atoms with van der Waals surface area (Å²) in [4.78, 5) is 11.9. The van der Waals surface area contributed by atoms with Gasteiger partial charge in [-0.25, -0.2) is 0 Å². The minimum Gasteiger partial charge on any atom is -0.294 e. The van der Waals surface area contributed by atoms with E-state index in [1.807, 2.05) is 18.2 Å². The molecule has 84 valence electrons. The molecule has 1 heteroatoms. The standard InChI is InChI=1S/C16H14O/c1-11-6-8-12(9-7-11)15-10-16(17)14-5-3-2-4-13(14)15/h2-9,15H,10H2,1H3. The van der Waals surface area contributed by atoms with Crippen molar-refractivity contribution in [2.75, 3.05) is 0 Å². The minimum absolute atomic E-state index is 0.249. The lowest BCUT2D eigenvalue weighted by Crippen LogP contribution is -1.96. The summed E-state index contributed by atoms with van der Waals surface area (Å²) in [5.74, 6) is 0.519. The molecule has 3 rings (SSSR count). The van der Waals surface area contributed by atoms with Crippen molar-refractivity contribution >= 4 is 5.78 Å². The van der Waals surface area contributed by atoms with Gasteiger partial charge in [0.1, 0.15) is 0 Å². The van der Waals surface area contributed by atoms with Crippen molar-refractivity contribution in [1.29, 1.82) is 0 Å². The van der Waals surface area contributed by atoms with E-state index < -0.39 is 0 Å². The Kier molecular flexibility index (Phi) is 2.32. The maximum absolute atomic E-state index is 11.9. The maximum Gasteiger partial charge on any atom is 0.164 e. The number of Topliss-reactive ketones (excluding diaryl/α,β-unsaturated/α-hetero) is 1.